The highest BCUT2D eigenvalue weighted by molar-refractivity contribution is 5.16. The van der Waals surface area contributed by atoms with Crippen LogP contribution in [-0.4, -0.2) is 13.2 Å². The molecule has 60 valence electrons. The third-order valence-electron chi connectivity index (χ3n) is 2.78. The highest BCUT2D eigenvalue weighted by atomic mass is 16.5. The Morgan fingerprint density at radius 1 is 1.09 bits per heavy atom. The molecule has 1 fully saturated rings. The average molecular weight is 150 g/mol. The molecule has 1 heteroatoms. The van der Waals surface area contributed by atoms with E-state index in [0.717, 1.165) is 0 Å². The minimum absolute atomic E-state index is 0.449. The zero-order chi connectivity index (χ0) is 7.68. The molecular weight excluding hydrogens is 136 g/mol. The van der Waals surface area contributed by atoms with Crippen molar-refractivity contribution in [2.24, 2.45) is 11.8 Å². The number of rotatable bonds is 1. The largest absolute Gasteiger partial charge is 0.380 e. The van der Waals surface area contributed by atoms with E-state index in [0.29, 0.717) is 17.9 Å². The van der Waals surface area contributed by atoms with E-state index < -0.39 is 0 Å². The van der Waals surface area contributed by atoms with E-state index >= 15 is 0 Å². The van der Waals surface area contributed by atoms with Gasteiger partial charge in [-0.1, -0.05) is 24.3 Å². The topological polar surface area (TPSA) is 9.23 Å². The van der Waals surface area contributed by atoms with Crippen molar-refractivity contribution in [2.45, 2.75) is 18.9 Å². The molecule has 0 heterocycles. The van der Waals surface area contributed by atoms with Gasteiger partial charge in [0.25, 0.3) is 0 Å². The zero-order valence-electron chi connectivity index (χ0n) is 6.86. The van der Waals surface area contributed by atoms with Crippen molar-refractivity contribution in [3.8, 4) is 0 Å². The van der Waals surface area contributed by atoms with Crippen molar-refractivity contribution < 1.29 is 4.74 Å². The fraction of sp³-hybridized carbons (Fsp3) is 0.600. The van der Waals surface area contributed by atoms with Gasteiger partial charge in [-0.25, -0.2) is 0 Å². The first-order valence-electron chi connectivity index (χ1n) is 4.29. The first-order chi connectivity index (χ1) is 5.42. The summed E-state index contributed by atoms with van der Waals surface area (Å²) in [6.45, 7) is 0. The number of fused-ring (bicyclic) bond motifs is 2. The molecule has 1 saturated carbocycles. The van der Waals surface area contributed by atoms with Crippen LogP contribution in [-0.2, 0) is 4.74 Å². The van der Waals surface area contributed by atoms with E-state index in [-0.39, 0.29) is 0 Å². The van der Waals surface area contributed by atoms with E-state index in [1.54, 1.807) is 0 Å². The van der Waals surface area contributed by atoms with Crippen LogP contribution in [0, 0.1) is 11.8 Å². The molecule has 3 atom stereocenters. The second-order valence-corrected chi connectivity index (χ2v) is 3.38. The second-order valence-electron chi connectivity index (χ2n) is 3.38. The van der Waals surface area contributed by atoms with Gasteiger partial charge >= 0.3 is 0 Å². The third-order valence-corrected chi connectivity index (χ3v) is 2.78. The highest BCUT2D eigenvalue weighted by Gasteiger charge is 2.33. The van der Waals surface area contributed by atoms with Gasteiger partial charge in [0, 0.05) is 18.9 Å². The van der Waals surface area contributed by atoms with E-state index in [4.69, 9.17) is 4.74 Å². The summed E-state index contributed by atoms with van der Waals surface area (Å²) in [6, 6.07) is 0. The molecule has 0 saturated heterocycles. The summed E-state index contributed by atoms with van der Waals surface area (Å²) >= 11 is 0. The van der Waals surface area contributed by atoms with Gasteiger partial charge in [-0.15, -0.1) is 0 Å². The molecule has 0 aliphatic heterocycles. The lowest BCUT2D eigenvalue weighted by Crippen LogP contribution is -2.20. The summed E-state index contributed by atoms with van der Waals surface area (Å²) in [6.07, 6.45) is 11.9. The van der Waals surface area contributed by atoms with Crippen LogP contribution in [0.25, 0.3) is 0 Å². The standard InChI is InChI=1S/C10H14O/c1-11-10-8-4-2-3-5-9(10)7-6-8/h2-5,8-10H,6-7H2,1H3/t8-,9+,10?. The Labute approximate surface area is 67.7 Å². The number of hydrogen-bond acceptors (Lipinski definition) is 1. The van der Waals surface area contributed by atoms with Crippen LogP contribution in [0.15, 0.2) is 24.3 Å². The average Bonchev–Trinajstić information content (AvgIpc) is 2.23. The van der Waals surface area contributed by atoms with E-state index in [1.807, 2.05) is 7.11 Å². The smallest absolute Gasteiger partial charge is 0.0696 e. The molecule has 1 nitrogen and oxygen atoms in total. The third kappa shape index (κ3) is 1.14. The molecule has 0 N–H and O–H groups in total. The summed E-state index contributed by atoms with van der Waals surface area (Å²) in [4.78, 5) is 0. The van der Waals surface area contributed by atoms with Crippen LogP contribution in [0.1, 0.15) is 12.8 Å². The van der Waals surface area contributed by atoms with Crippen LogP contribution in [0.4, 0.5) is 0 Å². The Bertz CT molecular complexity index is 173. The van der Waals surface area contributed by atoms with Crippen molar-refractivity contribution in [2.75, 3.05) is 7.11 Å². The van der Waals surface area contributed by atoms with Gasteiger partial charge in [0.05, 0.1) is 6.10 Å². The van der Waals surface area contributed by atoms with Crippen molar-refractivity contribution in [1.82, 2.24) is 0 Å². The molecule has 0 spiro atoms. The summed E-state index contributed by atoms with van der Waals surface area (Å²) in [5.41, 5.74) is 0. The van der Waals surface area contributed by atoms with Gasteiger partial charge in [-0.05, 0) is 12.8 Å². The molecule has 2 aliphatic rings. The fourth-order valence-corrected chi connectivity index (χ4v) is 2.21. The molecule has 1 unspecified atom stereocenters. The van der Waals surface area contributed by atoms with Gasteiger partial charge in [0.2, 0.25) is 0 Å². The summed E-state index contributed by atoms with van der Waals surface area (Å²) in [5, 5.41) is 0. The van der Waals surface area contributed by atoms with Crippen LogP contribution in [0.2, 0.25) is 0 Å². The molecule has 2 aliphatic carbocycles. The Kier molecular flexibility index (Phi) is 1.82. The summed E-state index contributed by atoms with van der Waals surface area (Å²) < 4.78 is 5.46. The van der Waals surface area contributed by atoms with Crippen LogP contribution in [0.5, 0.6) is 0 Å². The molecule has 0 aromatic carbocycles. The molecule has 0 aromatic heterocycles. The quantitative estimate of drug-likeness (QED) is 0.556. The lowest BCUT2D eigenvalue weighted by molar-refractivity contribution is 0.0652. The Hall–Kier alpha value is -0.560. The SMILES string of the molecule is COC1[C@@H]2C=CC=C[C@H]1CC2. The predicted molar refractivity (Wildman–Crippen MR) is 45.3 cm³/mol. The van der Waals surface area contributed by atoms with Gasteiger partial charge < -0.3 is 4.74 Å². The van der Waals surface area contributed by atoms with Crippen molar-refractivity contribution >= 4 is 0 Å². The first kappa shape index (κ1) is 7.11. The van der Waals surface area contributed by atoms with E-state index in [2.05, 4.69) is 24.3 Å². The van der Waals surface area contributed by atoms with Crippen LogP contribution >= 0.6 is 0 Å². The summed E-state index contributed by atoms with van der Waals surface area (Å²) in [7, 11) is 1.82. The monoisotopic (exact) mass is 150 g/mol. The maximum absolute atomic E-state index is 5.46. The molecule has 2 rings (SSSR count). The maximum Gasteiger partial charge on any atom is 0.0696 e. The summed E-state index contributed by atoms with van der Waals surface area (Å²) in [5.74, 6) is 1.33. The second kappa shape index (κ2) is 2.82. The van der Waals surface area contributed by atoms with Crippen LogP contribution in [0.3, 0.4) is 0 Å². The predicted octanol–water partition coefficient (Wildman–Crippen LogP) is 2.15. The minimum Gasteiger partial charge on any atom is -0.380 e. The van der Waals surface area contributed by atoms with Crippen molar-refractivity contribution in [3.63, 3.8) is 0 Å². The fourth-order valence-electron chi connectivity index (χ4n) is 2.21. The molecule has 11 heavy (non-hydrogen) atoms. The highest BCUT2D eigenvalue weighted by Crippen LogP contribution is 2.36. The Morgan fingerprint density at radius 2 is 1.64 bits per heavy atom. The van der Waals surface area contributed by atoms with E-state index in [1.165, 1.54) is 12.8 Å². The Morgan fingerprint density at radius 3 is 2.09 bits per heavy atom. The van der Waals surface area contributed by atoms with Gasteiger partial charge in [0.1, 0.15) is 0 Å². The number of hydrogen-bond donors (Lipinski definition) is 0. The Balaban J connectivity index is 2.21. The van der Waals surface area contributed by atoms with Gasteiger partial charge in [-0.2, -0.15) is 0 Å². The van der Waals surface area contributed by atoms with Gasteiger partial charge in [-0.3, -0.25) is 0 Å². The molecule has 0 amide bonds. The molecule has 0 radical (unpaired) electrons. The molecule has 0 aromatic rings. The van der Waals surface area contributed by atoms with Crippen molar-refractivity contribution in [3.05, 3.63) is 24.3 Å². The van der Waals surface area contributed by atoms with Crippen molar-refractivity contribution in [1.29, 1.82) is 0 Å². The molecular formula is C10H14O. The zero-order valence-corrected chi connectivity index (χ0v) is 6.86. The lowest BCUT2D eigenvalue weighted by Gasteiger charge is -2.17. The number of ether oxygens (including phenoxy) is 1. The van der Waals surface area contributed by atoms with Gasteiger partial charge in [0.15, 0.2) is 0 Å². The minimum atomic E-state index is 0.449. The van der Waals surface area contributed by atoms with Crippen LogP contribution < -0.4 is 0 Å². The normalized spacial score (nSPS) is 41.0. The van der Waals surface area contributed by atoms with E-state index in [9.17, 15) is 0 Å². The maximum atomic E-state index is 5.46. The number of methoxy groups -OCH3 is 1. The lowest BCUT2D eigenvalue weighted by atomic mass is 10.0. The first-order valence-corrected chi connectivity index (χ1v) is 4.29. The number of allylic oxidation sites excluding steroid dienone is 2. The molecule has 2 bridgehead atoms.